The molecular weight excluding hydrogens is 462 g/mol. The normalized spacial score (nSPS) is 11.2. The maximum atomic E-state index is 12.3. The summed E-state index contributed by atoms with van der Waals surface area (Å²) in [6.07, 6.45) is 0.148. The fourth-order valence-corrected chi connectivity index (χ4v) is 4.39. The number of tetrazole rings is 1. The molecule has 1 aromatic carbocycles. The summed E-state index contributed by atoms with van der Waals surface area (Å²) >= 11 is 2.87. The fourth-order valence-electron chi connectivity index (χ4n) is 2.80. The van der Waals surface area contributed by atoms with Gasteiger partial charge in [-0.2, -0.15) is 13.5 Å². The van der Waals surface area contributed by atoms with Crippen LogP contribution in [0.15, 0.2) is 46.9 Å². The summed E-state index contributed by atoms with van der Waals surface area (Å²) in [5.74, 6) is 1.13. The molecule has 4 aromatic rings. The van der Waals surface area contributed by atoms with Gasteiger partial charge in [0.05, 0.1) is 16.3 Å². The van der Waals surface area contributed by atoms with Crippen molar-refractivity contribution in [2.24, 2.45) is 5.73 Å². The fraction of sp³-hybridized carbons (Fsp3) is 0.222. The van der Waals surface area contributed by atoms with Gasteiger partial charge in [0.2, 0.25) is 5.91 Å². The van der Waals surface area contributed by atoms with Gasteiger partial charge in [-0.25, -0.2) is 0 Å². The van der Waals surface area contributed by atoms with E-state index < -0.39 is 12.5 Å². The topological polar surface area (TPSA) is 127 Å². The first-order valence-corrected chi connectivity index (χ1v) is 11.1. The largest absolute Gasteiger partial charge is 0.435 e. The zero-order valence-electron chi connectivity index (χ0n) is 16.3. The second kappa shape index (κ2) is 9.82. The zero-order chi connectivity index (χ0) is 22.5. The molecule has 1 amide bonds. The molecule has 0 aliphatic carbocycles. The van der Waals surface area contributed by atoms with Gasteiger partial charge < -0.3 is 15.0 Å². The first-order valence-electron chi connectivity index (χ1n) is 9.22. The number of amides is 1. The summed E-state index contributed by atoms with van der Waals surface area (Å²) in [5.41, 5.74) is 5.91. The highest BCUT2D eigenvalue weighted by Crippen LogP contribution is 2.29. The van der Waals surface area contributed by atoms with Crippen LogP contribution in [0, 0.1) is 0 Å². The highest BCUT2D eigenvalue weighted by Gasteiger charge is 2.18. The van der Waals surface area contributed by atoms with Crippen molar-refractivity contribution in [3.63, 3.8) is 0 Å². The first-order chi connectivity index (χ1) is 15.5. The third-order valence-corrected chi connectivity index (χ3v) is 6.04. The predicted molar refractivity (Wildman–Crippen MR) is 112 cm³/mol. The Morgan fingerprint density at radius 3 is 2.69 bits per heavy atom. The van der Waals surface area contributed by atoms with Crippen LogP contribution in [-0.2, 0) is 17.1 Å². The molecule has 14 heteroatoms. The number of nitrogens with two attached hydrogens (primary N) is 1. The van der Waals surface area contributed by atoms with Gasteiger partial charge >= 0.3 is 6.61 Å². The Kier molecular flexibility index (Phi) is 6.70. The van der Waals surface area contributed by atoms with E-state index in [4.69, 9.17) is 5.73 Å². The van der Waals surface area contributed by atoms with Crippen LogP contribution in [0.25, 0.3) is 16.4 Å². The molecule has 2 N–H and O–H groups in total. The van der Waals surface area contributed by atoms with Crippen molar-refractivity contribution in [2.45, 2.75) is 30.5 Å². The second-order valence-electron chi connectivity index (χ2n) is 6.32. The van der Waals surface area contributed by atoms with Crippen LogP contribution in [0.2, 0.25) is 0 Å². The van der Waals surface area contributed by atoms with Gasteiger partial charge in [0.25, 0.3) is 0 Å². The van der Waals surface area contributed by atoms with Crippen molar-refractivity contribution in [2.75, 3.05) is 0 Å². The predicted octanol–water partition coefficient (Wildman–Crippen LogP) is 2.75. The molecule has 0 spiro atoms. The lowest BCUT2D eigenvalue weighted by molar-refractivity contribution is -0.118. The quantitative estimate of drug-likeness (QED) is 0.345. The monoisotopic (exact) mass is 478 g/mol. The van der Waals surface area contributed by atoms with Gasteiger partial charge in [-0.05, 0) is 46.1 Å². The third kappa shape index (κ3) is 5.08. The van der Waals surface area contributed by atoms with Gasteiger partial charge in [-0.15, -0.1) is 26.6 Å². The zero-order valence-corrected chi connectivity index (χ0v) is 18.0. The highest BCUT2D eigenvalue weighted by atomic mass is 32.2. The van der Waals surface area contributed by atoms with Crippen molar-refractivity contribution >= 4 is 29.0 Å². The molecule has 0 atom stereocenters. The molecule has 3 heterocycles. The number of rotatable bonds is 10. The number of primary amides is 1. The number of thiophene rings is 1. The van der Waals surface area contributed by atoms with Crippen LogP contribution in [0.4, 0.5) is 8.78 Å². The number of nitrogens with zero attached hydrogens (tertiary/aromatic N) is 7. The number of thioether (sulfide) groups is 1. The molecule has 0 aliphatic rings. The third-order valence-electron chi connectivity index (χ3n) is 4.21. The van der Waals surface area contributed by atoms with Crippen LogP contribution in [0.3, 0.4) is 0 Å². The number of hydrogen-bond donors (Lipinski definition) is 1. The number of carbonyl (C=O) groups is 1. The summed E-state index contributed by atoms with van der Waals surface area (Å²) < 4.78 is 32.4. The average molecular weight is 479 g/mol. The molecule has 0 unspecified atom stereocenters. The van der Waals surface area contributed by atoms with Crippen molar-refractivity contribution in [3.8, 4) is 22.1 Å². The molecule has 4 rings (SSSR count). The molecule has 0 saturated carbocycles. The van der Waals surface area contributed by atoms with E-state index in [1.807, 2.05) is 22.1 Å². The van der Waals surface area contributed by atoms with E-state index in [1.165, 1.54) is 39.9 Å². The number of hydrogen-bond acceptors (Lipinski definition) is 9. The maximum absolute atomic E-state index is 12.3. The van der Waals surface area contributed by atoms with Crippen LogP contribution in [-0.4, -0.2) is 47.5 Å². The van der Waals surface area contributed by atoms with E-state index in [9.17, 15) is 13.6 Å². The number of benzene rings is 1. The number of aromatic nitrogens is 7. The Morgan fingerprint density at radius 1 is 1.19 bits per heavy atom. The van der Waals surface area contributed by atoms with Gasteiger partial charge in [0.1, 0.15) is 5.75 Å². The van der Waals surface area contributed by atoms with E-state index in [0.717, 1.165) is 4.88 Å². The minimum Gasteiger partial charge on any atom is -0.435 e. The Balaban J connectivity index is 1.52. The molecule has 0 bridgehead atoms. The van der Waals surface area contributed by atoms with Gasteiger partial charge in [-0.1, -0.05) is 17.8 Å². The maximum Gasteiger partial charge on any atom is 0.387 e. The number of ether oxygens (including phenoxy) is 1. The van der Waals surface area contributed by atoms with E-state index in [1.54, 1.807) is 12.1 Å². The summed E-state index contributed by atoms with van der Waals surface area (Å²) in [5, 5.41) is 22.8. The second-order valence-corrected chi connectivity index (χ2v) is 8.21. The van der Waals surface area contributed by atoms with Gasteiger partial charge in [-0.3, -0.25) is 4.79 Å². The molecule has 0 saturated heterocycles. The summed E-state index contributed by atoms with van der Waals surface area (Å²) in [6, 6.07) is 9.80. The summed E-state index contributed by atoms with van der Waals surface area (Å²) in [6.45, 7) is -2.55. The lowest BCUT2D eigenvalue weighted by Gasteiger charge is -2.09. The minimum absolute atomic E-state index is 0.0383. The Morgan fingerprint density at radius 2 is 2.00 bits per heavy atom. The molecule has 0 radical (unpaired) electrons. The standard InChI is InChI=1S/C18H16F2N8O2S2/c19-17(20)30-12-5-3-11(4-6-12)28-15(22-25-26-28)10-32-18-24-23-16(13-2-1-9-31-13)27(18)8-7-14(21)29/h1-6,9,17H,7-8,10H2,(H2,21,29). The van der Waals surface area contributed by atoms with Crippen molar-refractivity contribution in [1.82, 2.24) is 35.0 Å². The van der Waals surface area contributed by atoms with Gasteiger partial charge in [0.15, 0.2) is 16.8 Å². The number of halogens is 2. The van der Waals surface area contributed by atoms with Crippen molar-refractivity contribution < 1.29 is 18.3 Å². The molecule has 10 nitrogen and oxygen atoms in total. The number of alkyl halides is 2. The molecular formula is C18H16F2N8O2S2. The Bertz CT molecular complexity index is 1180. The summed E-state index contributed by atoms with van der Waals surface area (Å²) in [7, 11) is 0. The van der Waals surface area contributed by atoms with E-state index in [-0.39, 0.29) is 12.2 Å². The van der Waals surface area contributed by atoms with E-state index in [0.29, 0.717) is 34.8 Å². The van der Waals surface area contributed by atoms with Crippen LogP contribution < -0.4 is 10.5 Å². The molecule has 166 valence electrons. The van der Waals surface area contributed by atoms with Crippen LogP contribution >= 0.6 is 23.1 Å². The minimum atomic E-state index is -2.90. The lowest BCUT2D eigenvalue weighted by atomic mass is 10.3. The molecule has 0 fully saturated rings. The Hall–Kier alpha value is -3.39. The Labute approximate surface area is 188 Å². The van der Waals surface area contributed by atoms with Crippen LogP contribution in [0.5, 0.6) is 5.75 Å². The average Bonchev–Trinajstić information content (AvgIpc) is 3.51. The summed E-state index contributed by atoms with van der Waals surface area (Å²) in [4.78, 5) is 12.2. The molecule has 3 aromatic heterocycles. The highest BCUT2D eigenvalue weighted by molar-refractivity contribution is 7.98. The van der Waals surface area contributed by atoms with Crippen molar-refractivity contribution in [1.29, 1.82) is 0 Å². The molecule has 0 aliphatic heterocycles. The SMILES string of the molecule is NC(=O)CCn1c(SCc2nnnn2-c2ccc(OC(F)F)cc2)nnc1-c1cccs1. The number of carbonyl (C=O) groups excluding carboxylic acids is 1. The smallest absolute Gasteiger partial charge is 0.387 e. The van der Waals surface area contributed by atoms with Gasteiger partial charge in [0, 0.05) is 13.0 Å². The van der Waals surface area contributed by atoms with Crippen LogP contribution in [0.1, 0.15) is 12.2 Å². The van der Waals surface area contributed by atoms with E-state index in [2.05, 4.69) is 30.5 Å². The molecule has 32 heavy (non-hydrogen) atoms. The van der Waals surface area contributed by atoms with Crippen molar-refractivity contribution in [3.05, 3.63) is 47.6 Å². The van der Waals surface area contributed by atoms with E-state index >= 15 is 0 Å². The first kappa shape index (κ1) is 21.8. The lowest BCUT2D eigenvalue weighted by Crippen LogP contribution is -2.15.